The molecule has 0 saturated carbocycles. The van der Waals surface area contributed by atoms with Crippen molar-refractivity contribution in [1.82, 2.24) is 4.90 Å². The molecule has 0 radical (unpaired) electrons. The molecule has 0 aliphatic carbocycles. The Hall–Kier alpha value is -2.53. The van der Waals surface area contributed by atoms with Gasteiger partial charge in [0, 0.05) is 12.6 Å². The number of ether oxygens (including phenoxy) is 1. The van der Waals surface area contributed by atoms with Gasteiger partial charge in [0.25, 0.3) is 0 Å². The summed E-state index contributed by atoms with van der Waals surface area (Å²) in [5.41, 5.74) is 1.18. The Morgan fingerprint density at radius 1 is 1.21 bits per heavy atom. The van der Waals surface area contributed by atoms with Crippen LogP contribution in [0.1, 0.15) is 40.3 Å². The summed E-state index contributed by atoms with van der Waals surface area (Å²) in [7, 11) is 0. The van der Waals surface area contributed by atoms with Crippen molar-refractivity contribution in [1.29, 1.82) is 0 Å². The molecule has 1 aromatic carbocycles. The van der Waals surface area contributed by atoms with E-state index in [0.717, 1.165) is 18.8 Å². The van der Waals surface area contributed by atoms with Crippen LogP contribution in [-0.2, 0) is 6.54 Å². The van der Waals surface area contributed by atoms with Crippen molar-refractivity contribution in [3.05, 3.63) is 52.7 Å². The Labute approximate surface area is 140 Å². The van der Waals surface area contributed by atoms with Gasteiger partial charge in [0.05, 0.1) is 11.1 Å². The van der Waals surface area contributed by atoms with Crippen LogP contribution in [-0.4, -0.2) is 28.9 Å². The first-order valence-electron chi connectivity index (χ1n) is 8.20. The van der Waals surface area contributed by atoms with Crippen LogP contribution in [0.15, 0.2) is 34.4 Å². The molecule has 3 heterocycles. The van der Waals surface area contributed by atoms with Gasteiger partial charge in [-0.1, -0.05) is 0 Å². The maximum atomic E-state index is 12.6. The lowest BCUT2D eigenvalue weighted by Gasteiger charge is -2.17. The SMILES string of the molecule is Cc1ccc(C=C2Oc3c(ccc(O)c3CN3CCCC3)C2=O)o1. The summed E-state index contributed by atoms with van der Waals surface area (Å²) in [4.78, 5) is 14.8. The standard InChI is InChI=1S/C19H19NO4/c1-12-4-5-13(23-12)10-17-18(22)14-6-7-16(21)15(19(14)24-17)11-20-8-2-3-9-20/h4-7,10,21H,2-3,8-9,11H2,1H3. The van der Waals surface area contributed by atoms with E-state index in [-0.39, 0.29) is 17.3 Å². The number of carbonyl (C=O) groups excluding carboxylic acids is 1. The average molecular weight is 325 g/mol. The molecule has 5 nitrogen and oxygen atoms in total. The number of aromatic hydroxyl groups is 1. The van der Waals surface area contributed by atoms with Gasteiger partial charge in [-0.25, -0.2) is 0 Å². The Morgan fingerprint density at radius 2 is 2.00 bits per heavy atom. The molecule has 24 heavy (non-hydrogen) atoms. The lowest BCUT2D eigenvalue weighted by atomic mass is 10.0. The molecule has 4 rings (SSSR count). The zero-order chi connectivity index (χ0) is 16.7. The molecule has 1 saturated heterocycles. The third-order valence-corrected chi connectivity index (χ3v) is 4.53. The lowest BCUT2D eigenvalue weighted by molar-refractivity contribution is 0.101. The summed E-state index contributed by atoms with van der Waals surface area (Å²) >= 11 is 0. The van der Waals surface area contributed by atoms with E-state index < -0.39 is 0 Å². The van der Waals surface area contributed by atoms with Gasteiger partial charge in [-0.05, 0) is 57.1 Å². The summed E-state index contributed by atoms with van der Waals surface area (Å²) in [5.74, 6) is 2.05. The maximum absolute atomic E-state index is 12.6. The van der Waals surface area contributed by atoms with Crippen LogP contribution in [0.2, 0.25) is 0 Å². The molecule has 0 atom stereocenters. The number of phenols is 1. The van der Waals surface area contributed by atoms with Gasteiger partial charge in [-0.15, -0.1) is 0 Å². The van der Waals surface area contributed by atoms with Gasteiger partial charge < -0.3 is 14.3 Å². The Bertz CT molecular complexity index is 828. The number of benzene rings is 1. The summed E-state index contributed by atoms with van der Waals surface area (Å²) in [6, 6.07) is 6.83. The van der Waals surface area contributed by atoms with Crippen LogP contribution in [0.25, 0.3) is 6.08 Å². The number of hydrogen-bond donors (Lipinski definition) is 1. The molecule has 5 heteroatoms. The van der Waals surface area contributed by atoms with Crippen LogP contribution < -0.4 is 4.74 Å². The zero-order valence-corrected chi connectivity index (χ0v) is 13.5. The average Bonchev–Trinajstić information content (AvgIpc) is 3.26. The summed E-state index contributed by atoms with van der Waals surface area (Å²) in [5, 5.41) is 10.2. The van der Waals surface area contributed by atoms with Gasteiger partial charge >= 0.3 is 0 Å². The predicted molar refractivity (Wildman–Crippen MR) is 89.0 cm³/mol. The Balaban J connectivity index is 1.68. The number of aryl methyl sites for hydroxylation is 1. The van der Waals surface area contributed by atoms with Crippen molar-refractivity contribution in [3.63, 3.8) is 0 Å². The third kappa shape index (κ3) is 2.61. The molecule has 2 aliphatic rings. The van der Waals surface area contributed by atoms with E-state index in [2.05, 4.69) is 4.90 Å². The number of phenolic OH excluding ortho intramolecular Hbond substituents is 1. The summed E-state index contributed by atoms with van der Waals surface area (Å²) in [6.45, 7) is 4.45. The van der Waals surface area contributed by atoms with Gasteiger partial charge in [0.2, 0.25) is 5.78 Å². The number of carbonyl (C=O) groups is 1. The second-order valence-corrected chi connectivity index (χ2v) is 6.31. The molecule has 2 aliphatic heterocycles. The molecule has 1 fully saturated rings. The number of fused-ring (bicyclic) bond motifs is 1. The zero-order valence-electron chi connectivity index (χ0n) is 13.5. The topological polar surface area (TPSA) is 62.9 Å². The quantitative estimate of drug-likeness (QED) is 0.875. The van der Waals surface area contributed by atoms with E-state index in [0.29, 0.717) is 29.2 Å². The number of ketones is 1. The number of allylic oxidation sites excluding steroid dienone is 1. The fourth-order valence-electron chi connectivity index (χ4n) is 3.27. The molecule has 124 valence electrons. The molecule has 0 spiro atoms. The highest BCUT2D eigenvalue weighted by atomic mass is 16.5. The monoisotopic (exact) mass is 325 g/mol. The first kappa shape index (κ1) is 15.0. The number of furan rings is 1. The number of nitrogens with zero attached hydrogens (tertiary/aromatic N) is 1. The van der Waals surface area contributed by atoms with E-state index in [9.17, 15) is 9.90 Å². The second-order valence-electron chi connectivity index (χ2n) is 6.31. The molecular formula is C19H19NO4. The van der Waals surface area contributed by atoms with Crippen molar-refractivity contribution >= 4 is 11.9 Å². The fraction of sp³-hybridized carbons (Fsp3) is 0.316. The molecule has 0 amide bonds. The van der Waals surface area contributed by atoms with Crippen molar-refractivity contribution in [2.45, 2.75) is 26.3 Å². The van der Waals surface area contributed by atoms with Crippen molar-refractivity contribution in [3.8, 4) is 11.5 Å². The molecule has 1 N–H and O–H groups in total. The lowest BCUT2D eigenvalue weighted by Crippen LogP contribution is -2.18. The highest BCUT2D eigenvalue weighted by molar-refractivity contribution is 6.14. The number of rotatable bonds is 3. The minimum Gasteiger partial charge on any atom is -0.507 e. The minimum absolute atomic E-state index is 0.170. The second kappa shape index (κ2) is 5.83. The van der Waals surface area contributed by atoms with E-state index in [1.807, 2.05) is 13.0 Å². The first-order chi connectivity index (χ1) is 11.6. The van der Waals surface area contributed by atoms with E-state index in [4.69, 9.17) is 9.15 Å². The molecular weight excluding hydrogens is 306 g/mol. The third-order valence-electron chi connectivity index (χ3n) is 4.53. The summed E-state index contributed by atoms with van der Waals surface area (Å²) in [6.07, 6.45) is 3.93. The molecule has 0 unspecified atom stereocenters. The fourth-order valence-corrected chi connectivity index (χ4v) is 3.27. The van der Waals surface area contributed by atoms with Crippen LogP contribution in [0.3, 0.4) is 0 Å². The van der Waals surface area contributed by atoms with Gasteiger partial charge in [0.1, 0.15) is 23.0 Å². The Kier molecular flexibility index (Phi) is 3.65. The summed E-state index contributed by atoms with van der Waals surface area (Å²) < 4.78 is 11.3. The highest BCUT2D eigenvalue weighted by Crippen LogP contribution is 2.40. The van der Waals surface area contributed by atoms with Crippen molar-refractivity contribution in [2.75, 3.05) is 13.1 Å². The molecule has 1 aromatic heterocycles. The van der Waals surface area contributed by atoms with Gasteiger partial charge in [-0.3, -0.25) is 9.69 Å². The molecule has 2 aromatic rings. The van der Waals surface area contributed by atoms with Crippen molar-refractivity contribution in [2.24, 2.45) is 0 Å². The largest absolute Gasteiger partial charge is 0.507 e. The van der Waals surface area contributed by atoms with E-state index in [1.54, 1.807) is 24.3 Å². The normalized spacial score (nSPS) is 19.0. The maximum Gasteiger partial charge on any atom is 0.232 e. The number of Topliss-reactive ketones (excluding diaryl/α,β-unsaturated/α-hetero) is 1. The first-order valence-corrected chi connectivity index (χ1v) is 8.20. The number of hydrogen-bond acceptors (Lipinski definition) is 5. The molecule has 0 bridgehead atoms. The van der Waals surface area contributed by atoms with Crippen LogP contribution in [0, 0.1) is 6.92 Å². The number of likely N-dealkylation sites (tertiary alicyclic amines) is 1. The van der Waals surface area contributed by atoms with Crippen LogP contribution in [0.5, 0.6) is 11.5 Å². The smallest absolute Gasteiger partial charge is 0.232 e. The highest BCUT2D eigenvalue weighted by Gasteiger charge is 2.32. The van der Waals surface area contributed by atoms with Crippen LogP contribution in [0.4, 0.5) is 0 Å². The van der Waals surface area contributed by atoms with Gasteiger partial charge in [0.15, 0.2) is 5.76 Å². The van der Waals surface area contributed by atoms with Gasteiger partial charge in [-0.2, -0.15) is 0 Å². The van der Waals surface area contributed by atoms with E-state index >= 15 is 0 Å². The van der Waals surface area contributed by atoms with E-state index in [1.165, 1.54) is 12.8 Å². The minimum atomic E-state index is -0.179. The van der Waals surface area contributed by atoms with Crippen molar-refractivity contribution < 1.29 is 19.1 Å². The Morgan fingerprint density at radius 3 is 2.71 bits per heavy atom. The predicted octanol–water partition coefficient (Wildman–Crippen LogP) is 3.51. The van der Waals surface area contributed by atoms with Crippen LogP contribution >= 0.6 is 0 Å².